The fourth-order valence-corrected chi connectivity index (χ4v) is 1.85. The first-order chi connectivity index (χ1) is 11.1. The Labute approximate surface area is 135 Å². The third-order valence-corrected chi connectivity index (χ3v) is 2.75. The van der Waals surface area contributed by atoms with Crippen molar-refractivity contribution < 1.29 is 18.9 Å². The molecule has 0 aromatic heterocycles. The van der Waals surface area contributed by atoms with Gasteiger partial charge in [-0.05, 0) is 24.3 Å². The third-order valence-electron chi connectivity index (χ3n) is 2.75. The van der Waals surface area contributed by atoms with Crippen molar-refractivity contribution in [2.24, 2.45) is 0 Å². The summed E-state index contributed by atoms with van der Waals surface area (Å²) in [5, 5.41) is 5.33. The second-order valence-corrected chi connectivity index (χ2v) is 4.69. The fourth-order valence-electron chi connectivity index (χ4n) is 1.85. The van der Waals surface area contributed by atoms with E-state index in [2.05, 4.69) is 10.6 Å². The van der Waals surface area contributed by atoms with Crippen LogP contribution in [0.25, 0.3) is 0 Å². The van der Waals surface area contributed by atoms with Crippen LogP contribution in [0.4, 0.5) is 11.4 Å². The van der Waals surface area contributed by atoms with E-state index in [0.717, 1.165) is 7.69 Å². The predicted molar refractivity (Wildman–Crippen MR) is 88.5 cm³/mol. The highest BCUT2D eigenvalue weighted by atomic mass is 16.6. The van der Waals surface area contributed by atoms with Gasteiger partial charge in [-0.2, -0.15) is 0 Å². The summed E-state index contributed by atoms with van der Waals surface area (Å²) in [5.41, 5.74) is 1.07. The summed E-state index contributed by atoms with van der Waals surface area (Å²) in [7, 11) is 1.14. The van der Waals surface area contributed by atoms with E-state index < -0.39 is 0 Å². The molecule has 0 heterocycles. The molecule has 0 atom stereocenters. The Morgan fingerprint density at radius 1 is 0.783 bits per heavy atom. The number of carbonyl (C=O) groups is 2. The topological polar surface area (TPSA) is 76.7 Å². The van der Waals surface area contributed by atoms with Gasteiger partial charge >= 0.3 is 7.69 Å². The van der Waals surface area contributed by atoms with E-state index in [1.165, 1.54) is 13.8 Å². The van der Waals surface area contributed by atoms with E-state index in [9.17, 15) is 9.59 Å². The molecule has 0 spiro atoms. The Bertz CT molecular complexity index is 646. The molecule has 0 aliphatic heterocycles. The summed E-state index contributed by atoms with van der Waals surface area (Å²) in [5.74, 6) is 0.496. The van der Waals surface area contributed by atoms with Crippen molar-refractivity contribution in [3.05, 3.63) is 48.5 Å². The number of amides is 2. The SMILES string of the molecule is CC(=O)Nc1ccccc1O[B]Oc1ccccc1NC(C)=O. The maximum atomic E-state index is 11.2. The number of hydrogen-bond acceptors (Lipinski definition) is 4. The number of benzene rings is 2. The van der Waals surface area contributed by atoms with Crippen molar-refractivity contribution in [2.45, 2.75) is 13.8 Å². The maximum absolute atomic E-state index is 11.2. The van der Waals surface area contributed by atoms with Crippen LogP contribution in [-0.2, 0) is 9.59 Å². The third kappa shape index (κ3) is 5.07. The van der Waals surface area contributed by atoms with Gasteiger partial charge in [0.1, 0.15) is 11.5 Å². The molecule has 1 radical (unpaired) electrons. The lowest BCUT2D eigenvalue weighted by molar-refractivity contribution is -0.115. The highest BCUT2D eigenvalue weighted by molar-refractivity contribution is 6.21. The molecule has 2 aromatic rings. The number of para-hydroxylation sites is 4. The van der Waals surface area contributed by atoms with E-state index in [1.807, 2.05) is 0 Å². The minimum absolute atomic E-state index is 0.196. The maximum Gasteiger partial charge on any atom is 0.658 e. The molecular weight excluding hydrogens is 295 g/mol. The summed E-state index contributed by atoms with van der Waals surface area (Å²) in [6, 6.07) is 14.0. The molecule has 2 rings (SSSR count). The van der Waals surface area contributed by atoms with Gasteiger partial charge in [-0.15, -0.1) is 0 Å². The van der Waals surface area contributed by atoms with Crippen LogP contribution in [0.2, 0.25) is 0 Å². The standard InChI is InChI=1S/C16H16BN2O4/c1-11(20)18-13-7-3-5-9-15(13)22-17-23-16-10-6-4-8-14(16)19-12(2)21/h3-10H,1-2H3,(H,18,20)(H,19,21). The largest absolute Gasteiger partial charge is 0.658 e. The van der Waals surface area contributed by atoms with Gasteiger partial charge in [-0.25, -0.2) is 0 Å². The molecule has 7 heteroatoms. The summed E-state index contributed by atoms with van der Waals surface area (Å²) in [6.45, 7) is 2.83. The van der Waals surface area contributed by atoms with Gasteiger partial charge < -0.3 is 19.9 Å². The van der Waals surface area contributed by atoms with Crippen LogP contribution in [0, 0.1) is 0 Å². The van der Waals surface area contributed by atoms with Crippen LogP contribution in [0.15, 0.2) is 48.5 Å². The Morgan fingerprint density at radius 2 is 1.17 bits per heavy atom. The molecule has 2 amide bonds. The van der Waals surface area contributed by atoms with Gasteiger partial charge in [0.25, 0.3) is 0 Å². The first kappa shape index (κ1) is 16.4. The molecule has 0 unspecified atom stereocenters. The van der Waals surface area contributed by atoms with Gasteiger partial charge in [0, 0.05) is 13.8 Å². The van der Waals surface area contributed by atoms with E-state index in [-0.39, 0.29) is 11.8 Å². The molecule has 6 nitrogen and oxygen atoms in total. The average molecular weight is 311 g/mol. The van der Waals surface area contributed by atoms with Gasteiger partial charge in [0.2, 0.25) is 11.8 Å². The Morgan fingerprint density at radius 3 is 1.57 bits per heavy atom. The van der Waals surface area contributed by atoms with Crippen molar-refractivity contribution in [2.75, 3.05) is 10.6 Å². The fraction of sp³-hybridized carbons (Fsp3) is 0.125. The number of anilines is 2. The smallest absolute Gasteiger partial charge is 0.525 e. The number of hydrogen-bond donors (Lipinski definition) is 2. The van der Waals surface area contributed by atoms with Gasteiger partial charge in [0.15, 0.2) is 0 Å². The van der Waals surface area contributed by atoms with Crippen molar-refractivity contribution in [1.29, 1.82) is 0 Å². The zero-order valence-electron chi connectivity index (χ0n) is 12.8. The lowest BCUT2D eigenvalue weighted by Crippen LogP contribution is -2.15. The second-order valence-electron chi connectivity index (χ2n) is 4.69. The van der Waals surface area contributed by atoms with Crippen LogP contribution in [0.3, 0.4) is 0 Å². The minimum atomic E-state index is -0.196. The monoisotopic (exact) mass is 311 g/mol. The van der Waals surface area contributed by atoms with E-state index in [4.69, 9.17) is 9.31 Å². The van der Waals surface area contributed by atoms with Crippen LogP contribution in [0.5, 0.6) is 11.5 Å². The van der Waals surface area contributed by atoms with Gasteiger partial charge in [-0.3, -0.25) is 9.59 Å². The molecule has 2 N–H and O–H groups in total. The van der Waals surface area contributed by atoms with Crippen LogP contribution >= 0.6 is 0 Å². The molecular formula is C16H16BN2O4. The molecule has 117 valence electrons. The van der Waals surface area contributed by atoms with Crippen LogP contribution in [0.1, 0.15) is 13.8 Å². The first-order valence-corrected chi connectivity index (χ1v) is 6.94. The Kier molecular flexibility index (Phi) is 5.63. The highest BCUT2D eigenvalue weighted by Crippen LogP contribution is 2.25. The van der Waals surface area contributed by atoms with E-state index >= 15 is 0 Å². The summed E-state index contributed by atoms with van der Waals surface area (Å²) in [4.78, 5) is 22.3. The molecule has 0 saturated carbocycles. The number of rotatable bonds is 6. The molecule has 0 aliphatic rings. The molecule has 0 aliphatic carbocycles. The van der Waals surface area contributed by atoms with Crippen LogP contribution in [-0.4, -0.2) is 19.5 Å². The Hall–Kier alpha value is -2.96. The lowest BCUT2D eigenvalue weighted by Gasteiger charge is -2.13. The predicted octanol–water partition coefficient (Wildman–Crippen LogP) is 2.60. The molecule has 0 saturated heterocycles. The summed E-state index contributed by atoms with van der Waals surface area (Å²) >= 11 is 0. The zero-order valence-corrected chi connectivity index (χ0v) is 12.8. The van der Waals surface area contributed by atoms with Gasteiger partial charge in [-0.1, -0.05) is 24.3 Å². The number of nitrogens with one attached hydrogen (secondary N) is 2. The Balaban J connectivity index is 2.01. The van der Waals surface area contributed by atoms with Crippen molar-refractivity contribution in [3.63, 3.8) is 0 Å². The molecule has 23 heavy (non-hydrogen) atoms. The van der Waals surface area contributed by atoms with Crippen molar-refractivity contribution in [3.8, 4) is 11.5 Å². The lowest BCUT2D eigenvalue weighted by atomic mass is 10.2. The van der Waals surface area contributed by atoms with Crippen LogP contribution < -0.4 is 19.9 Å². The normalized spacial score (nSPS) is 9.65. The molecule has 2 aromatic carbocycles. The quantitative estimate of drug-likeness (QED) is 0.804. The van der Waals surface area contributed by atoms with E-state index in [0.29, 0.717) is 22.9 Å². The second kappa shape index (κ2) is 7.88. The number of carbonyl (C=O) groups excluding carboxylic acids is 2. The minimum Gasteiger partial charge on any atom is -0.525 e. The first-order valence-electron chi connectivity index (χ1n) is 6.94. The summed E-state index contributed by atoms with van der Waals surface area (Å²) in [6.07, 6.45) is 0. The summed E-state index contributed by atoms with van der Waals surface area (Å²) < 4.78 is 10.9. The molecule has 0 bridgehead atoms. The molecule has 0 fully saturated rings. The van der Waals surface area contributed by atoms with Gasteiger partial charge in [0.05, 0.1) is 11.4 Å². The average Bonchev–Trinajstić information content (AvgIpc) is 2.49. The van der Waals surface area contributed by atoms with Crippen molar-refractivity contribution >= 4 is 30.9 Å². The van der Waals surface area contributed by atoms with E-state index in [1.54, 1.807) is 48.5 Å². The van der Waals surface area contributed by atoms with Crippen molar-refractivity contribution in [1.82, 2.24) is 0 Å². The zero-order chi connectivity index (χ0) is 16.7. The highest BCUT2D eigenvalue weighted by Gasteiger charge is 2.10.